The number of rotatable bonds is 5. The fraction of sp³-hybridized carbons (Fsp3) is 0.167. The van der Waals surface area contributed by atoms with Crippen molar-refractivity contribution in [2.24, 2.45) is 0 Å². The highest BCUT2D eigenvalue weighted by Gasteiger charge is 2.06. The lowest BCUT2D eigenvalue weighted by Gasteiger charge is -2.23. The topological polar surface area (TPSA) is 55.3 Å². The molecule has 1 aromatic rings. The maximum absolute atomic E-state index is 5.89. The van der Waals surface area contributed by atoms with E-state index in [-0.39, 0.29) is 0 Å². The van der Waals surface area contributed by atoms with E-state index < -0.39 is 0 Å². The number of nitrogens with zero attached hydrogens (tertiary/aromatic N) is 1. The molecule has 0 amide bonds. The van der Waals surface area contributed by atoms with Crippen LogP contribution in [0, 0.1) is 0 Å². The first-order valence-corrected chi connectivity index (χ1v) is 4.80. The summed E-state index contributed by atoms with van der Waals surface area (Å²) in [6.45, 7) is 8.87. The largest absolute Gasteiger partial charge is 0.399 e. The Hall–Kier alpha value is -1.90. The average Bonchev–Trinajstić information content (AvgIpc) is 2.21. The normalized spacial score (nSPS) is 9.60. The molecule has 0 spiro atoms. The molecule has 0 aliphatic rings. The van der Waals surface area contributed by atoms with Gasteiger partial charge in [-0.25, -0.2) is 0 Å². The number of hydrogen-bond acceptors (Lipinski definition) is 3. The van der Waals surface area contributed by atoms with Gasteiger partial charge in [-0.2, -0.15) is 0 Å². The molecule has 0 saturated carbocycles. The Kier molecular flexibility index (Phi) is 3.80. The molecule has 0 atom stereocenters. The smallest absolute Gasteiger partial charge is 0.0626 e. The Morgan fingerprint density at radius 3 is 2.27 bits per heavy atom. The molecule has 0 aliphatic carbocycles. The summed E-state index contributed by atoms with van der Waals surface area (Å²) in [5.41, 5.74) is 14.0. The number of anilines is 3. The van der Waals surface area contributed by atoms with Crippen LogP contribution >= 0.6 is 0 Å². The molecule has 0 aliphatic heterocycles. The maximum Gasteiger partial charge on any atom is 0.0626 e. The van der Waals surface area contributed by atoms with E-state index >= 15 is 0 Å². The molecule has 0 heterocycles. The van der Waals surface area contributed by atoms with Crippen LogP contribution < -0.4 is 16.4 Å². The fourth-order valence-corrected chi connectivity index (χ4v) is 1.42. The van der Waals surface area contributed by atoms with E-state index in [1.807, 2.05) is 24.3 Å². The average molecular weight is 203 g/mol. The van der Waals surface area contributed by atoms with Crippen molar-refractivity contribution >= 4 is 17.1 Å². The van der Waals surface area contributed by atoms with Gasteiger partial charge in [-0.1, -0.05) is 12.2 Å². The predicted molar refractivity (Wildman–Crippen MR) is 67.9 cm³/mol. The second-order valence-corrected chi connectivity index (χ2v) is 3.30. The van der Waals surface area contributed by atoms with Gasteiger partial charge >= 0.3 is 0 Å². The lowest BCUT2D eigenvalue weighted by Crippen LogP contribution is -2.24. The maximum atomic E-state index is 5.89. The number of benzene rings is 1. The third-order valence-corrected chi connectivity index (χ3v) is 2.09. The molecule has 80 valence electrons. The molecule has 0 saturated heterocycles. The van der Waals surface area contributed by atoms with Crippen molar-refractivity contribution in [3.63, 3.8) is 0 Å². The molecular weight excluding hydrogens is 186 g/mol. The molecule has 0 fully saturated rings. The molecule has 1 rings (SSSR count). The molecule has 0 radical (unpaired) electrons. The van der Waals surface area contributed by atoms with Crippen LogP contribution in [0.4, 0.5) is 17.1 Å². The van der Waals surface area contributed by atoms with Gasteiger partial charge in [0, 0.05) is 18.8 Å². The highest BCUT2D eigenvalue weighted by Crippen LogP contribution is 2.25. The van der Waals surface area contributed by atoms with Gasteiger partial charge in [0.2, 0.25) is 0 Å². The Balaban J connectivity index is 3.02. The number of nitrogens with two attached hydrogens (primary N) is 2. The van der Waals surface area contributed by atoms with Gasteiger partial charge in [-0.15, -0.1) is 13.2 Å². The molecule has 0 aromatic heterocycles. The molecule has 3 nitrogen and oxygen atoms in total. The van der Waals surface area contributed by atoms with Crippen molar-refractivity contribution in [3.8, 4) is 0 Å². The van der Waals surface area contributed by atoms with Gasteiger partial charge < -0.3 is 16.4 Å². The second-order valence-electron chi connectivity index (χ2n) is 3.30. The molecule has 0 unspecified atom stereocenters. The predicted octanol–water partition coefficient (Wildman–Crippen LogP) is 2.03. The summed E-state index contributed by atoms with van der Waals surface area (Å²) < 4.78 is 0. The van der Waals surface area contributed by atoms with E-state index in [2.05, 4.69) is 18.1 Å². The van der Waals surface area contributed by atoms with Gasteiger partial charge in [0.1, 0.15) is 0 Å². The highest BCUT2D eigenvalue weighted by atomic mass is 15.1. The quantitative estimate of drug-likeness (QED) is 0.568. The number of hydrogen-bond donors (Lipinski definition) is 2. The van der Waals surface area contributed by atoms with Crippen LogP contribution in [0.15, 0.2) is 43.5 Å². The first-order valence-electron chi connectivity index (χ1n) is 4.80. The fourth-order valence-electron chi connectivity index (χ4n) is 1.42. The monoisotopic (exact) mass is 203 g/mol. The zero-order valence-electron chi connectivity index (χ0n) is 8.82. The van der Waals surface area contributed by atoms with E-state index in [9.17, 15) is 0 Å². The Labute approximate surface area is 90.7 Å². The van der Waals surface area contributed by atoms with E-state index in [4.69, 9.17) is 11.5 Å². The van der Waals surface area contributed by atoms with Crippen LogP contribution in [-0.2, 0) is 0 Å². The minimum Gasteiger partial charge on any atom is -0.399 e. The van der Waals surface area contributed by atoms with Crippen molar-refractivity contribution in [3.05, 3.63) is 43.5 Å². The van der Waals surface area contributed by atoms with Crippen LogP contribution in [0.1, 0.15) is 0 Å². The zero-order valence-corrected chi connectivity index (χ0v) is 8.82. The highest BCUT2D eigenvalue weighted by molar-refractivity contribution is 5.72. The van der Waals surface area contributed by atoms with Crippen LogP contribution in [0.25, 0.3) is 0 Å². The lowest BCUT2D eigenvalue weighted by molar-refractivity contribution is 0.959. The Bertz CT molecular complexity index is 348. The van der Waals surface area contributed by atoms with Crippen molar-refractivity contribution in [1.29, 1.82) is 0 Å². The van der Waals surface area contributed by atoms with E-state index in [1.165, 1.54) is 0 Å². The number of nitrogen functional groups attached to an aromatic ring is 2. The molecule has 15 heavy (non-hydrogen) atoms. The second kappa shape index (κ2) is 5.10. The van der Waals surface area contributed by atoms with Crippen LogP contribution in [0.5, 0.6) is 0 Å². The van der Waals surface area contributed by atoms with Crippen molar-refractivity contribution < 1.29 is 0 Å². The van der Waals surface area contributed by atoms with Gasteiger partial charge in [0.25, 0.3) is 0 Å². The summed E-state index contributed by atoms with van der Waals surface area (Å²) in [5.74, 6) is 0. The Morgan fingerprint density at radius 1 is 1.13 bits per heavy atom. The zero-order chi connectivity index (χ0) is 11.3. The summed E-state index contributed by atoms with van der Waals surface area (Å²) in [4.78, 5) is 2.06. The summed E-state index contributed by atoms with van der Waals surface area (Å²) in [6, 6.07) is 5.46. The van der Waals surface area contributed by atoms with E-state index in [0.29, 0.717) is 11.4 Å². The molecular formula is C12H17N3. The lowest BCUT2D eigenvalue weighted by atomic mass is 10.2. The molecule has 0 bridgehead atoms. The molecule has 1 aromatic carbocycles. The van der Waals surface area contributed by atoms with E-state index in [0.717, 1.165) is 18.8 Å². The minimum absolute atomic E-state index is 0.706. The third-order valence-electron chi connectivity index (χ3n) is 2.09. The van der Waals surface area contributed by atoms with Crippen LogP contribution in [0.3, 0.4) is 0 Å². The SMILES string of the molecule is C=CCN(CC=C)c1cc(N)ccc1N. The Morgan fingerprint density at radius 2 is 1.73 bits per heavy atom. The minimum atomic E-state index is 0.706. The van der Waals surface area contributed by atoms with Crippen molar-refractivity contribution in [1.82, 2.24) is 0 Å². The van der Waals surface area contributed by atoms with Gasteiger partial charge in [-0.3, -0.25) is 0 Å². The van der Waals surface area contributed by atoms with Crippen LogP contribution in [0.2, 0.25) is 0 Å². The summed E-state index contributed by atoms with van der Waals surface area (Å²) in [5, 5.41) is 0. The summed E-state index contributed by atoms with van der Waals surface area (Å²) >= 11 is 0. The van der Waals surface area contributed by atoms with Crippen molar-refractivity contribution in [2.75, 3.05) is 29.5 Å². The third kappa shape index (κ3) is 2.77. The standard InChI is InChI=1S/C12H17N3/c1-3-7-15(8-4-2)12-9-10(13)5-6-11(12)14/h3-6,9H,1-2,7-8,13-14H2. The summed E-state index contributed by atoms with van der Waals surface area (Å²) in [6.07, 6.45) is 3.65. The van der Waals surface area contributed by atoms with Gasteiger partial charge in [0.05, 0.1) is 11.4 Å². The first kappa shape index (κ1) is 11.2. The van der Waals surface area contributed by atoms with E-state index in [1.54, 1.807) is 6.07 Å². The summed E-state index contributed by atoms with van der Waals surface area (Å²) in [7, 11) is 0. The molecule has 3 heteroatoms. The molecule has 4 N–H and O–H groups in total. The van der Waals surface area contributed by atoms with Crippen molar-refractivity contribution in [2.45, 2.75) is 0 Å². The van der Waals surface area contributed by atoms with Gasteiger partial charge in [-0.05, 0) is 18.2 Å². The first-order chi connectivity index (χ1) is 7.19. The van der Waals surface area contributed by atoms with Gasteiger partial charge in [0.15, 0.2) is 0 Å². The van der Waals surface area contributed by atoms with Crippen LogP contribution in [-0.4, -0.2) is 13.1 Å².